The van der Waals surface area contributed by atoms with Crippen molar-refractivity contribution in [3.8, 4) is 0 Å². The van der Waals surface area contributed by atoms with Gasteiger partial charge >= 0.3 is 0 Å². The number of thiazole rings is 1. The molecular formula is C14H24N2S. The van der Waals surface area contributed by atoms with Gasteiger partial charge in [0.1, 0.15) is 5.01 Å². The van der Waals surface area contributed by atoms with E-state index in [0.29, 0.717) is 5.92 Å². The van der Waals surface area contributed by atoms with Crippen molar-refractivity contribution in [3.05, 3.63) is 16.1 Å². The summed E-state index contributed by atoms with van der Waals surface area (Å²) in [6, 6.07) is 0. The molecule has 1 aliphatic carbocycles. The molecule has 1 aromatic rings. The highest BCUT2D eigenvalue weighted by molar-refractivity contribution is 7.09. The molecule has 2 rings (SSSR count). The van der Waals surface area contributed by atoms with E-state index in [4.69, 9.17) is 4.98 Å². The zero-order valence-electron chi connectivity index (χ0n) is 11.3. The topological polar surface area (TPSA) is 24.9 Å². The molecule has 0 atom stereocenters. The average Bonchev–Trinajstić information content (AvgIpc) is 2.70. The molecule has 0 unspecified atom stereocenters. The Hall–Kier alpha value is -0.410. The lowest BCUT2D eigenvalue weighted by Gasteiger charge is -2.30. The van der Waals surface area contributed by atoms with Gasteiger partial charge in [-0.2, -0.15) is 0 Å². The summed E-state index contributed by atoms with van der Waals surface area (Å²) in [7, 11) is 2.10. The molecule has 0 aliphatic heterocycles. The molecule has 0 radical (unpaired) electrons. The Balaban J connectivity index is 2.25. The van der Waals surface area contributed by atoms with Crippen molar-refractivity contribution < 1.29 is 0 Å². The minimum absolute atomic E-state index is 0.161. The van der Waals surface area contributed by atoms with Gasteiger partial charge in [0.2, 0.25) is 0 Å². The van der Waals surface area contributed by atoms with E-state index in [1.165, 1.54) is 49.2 Å². The first-order valence-electron chi connectivity index (χ1n) is 6.83. The summed E-state index contributed by atoms with van der Waals surface area (Å²) in [6.45, 7) is 4.44. The van der Waals surface area contributed by atoms with Gasteiger partial charge in [-0.1, -0.05) is 39.5 Å². The van der Waals surface area contributed by atoms with Crippen LogP contribution in [0.25, 0.3) is 0 Å². The van der Waals surface area contributed by atoms with Crippen LogP contribution >= 0.6 is 11.3 Å². The largest absolute Gasteiger partial charge is 0.308 e. The summed E-state index contributed by atoms with van der Waals surface area (Å²) >= 11 is 1.84. The Bertz CT molecular complexity index is 349. The van der Waals surface area contributed by atoms with Crippen molar-refractivity contribution >= 4 is 11.3 Å². The van der Waals surface area contributed by atoms with E-state index in [1.807, 2.05) is 11.3 Å². The van der Waals surface area contributed by atoms with Gasteiger partial charge in [-0.3, -0.25) is 0 Å². The minimum atomic E-state index is 0.161. The second-order valence-electron chi connectivity index (χ2n) is 5.48. The highest BCUT2D eigenvalue weighted by Gasteiger charge is 2.34. The summed E-state index contributed by atoms with van der Waals surface area (Å²) in [5.41, 5.74) is 1.41. The molecular weight excluding hydrogens is 228 g/mol. The lowest BCUT2D eigenvalue weighted by Crippen LogP contribution is -2.39. The van der Waals surface area contributed by atoms with Gasteiger partial charge in [0, 0.05) is 5.38 Å². The van der Waals surface area contributed by atoms with E-state index >= 15 is 0 Å². The van der Waals surface area contributed by atoms with Crippen molar-refractivity contribution in [3.63, 3.8) is 0 Å². The highest BCUT2D eigenvalue weighted by atomic mass is 32.1. The van der Waals surface area contributed by atoms with E-state index in [0.717, 1.165) is 0 Å². The maximum absolute atomic E-state index is 4.87. The smallest absolute Gasteiger partial charge is 0.113 e. The van der Waals surface area contributed by atoms with Crippen molar-refractivity contribution in [2.75, 3.05) is 7.05 Å². The van der Waals surface area contributed by atoms with E-state index in [1.54, 1.807) is 0 Å². The lowest BCUT2D eigenvalue weighted by atomic mass is 9.91. The van der Waals surface area contributed by atoms with Crippen LogP contribution in [0.3, 0.4) is 0 Å². The molecule has 1 heterocycles. The number of hydrogen-bond acceptors (Lipinski definition) is 3. The van der Waals surface area contributed by atoms with Crippen LogP contribution in [-0.2, 0) is 5.54 Å². The Kier molecular flexibility index (Phi) is 4.21. The number of nitrogens with zero attached hydrogens (tertiary/aromatic N) is 1. The fourth-order valence-electron chi connectivity index (χ4n) is 2.67. The minimum Gasteiger partial charge on any atom is -0.308 e. The normalized spacial score (nSPS) is 20.5. The van der Waals surface area contributed by atoms with Crippen molar-refractivity contribution in [2.24, 2.45) is 0 Å². The lowest BCUT2D eigenvalue weighted by molar-refractivity contribution is 0.312. The second-order valence-corrected chi connectivity index (χ2v) is 6.34. The van der Waals surface area contributed by atoms with Gasteiger partial charge in [0.15, 0.2) is 0 Å². The zero-order chi connectivity index (χ0) is 12.3. The van der Waals surface area contributed by atoms with Crippen LogP contribution in [0.1, 0.15) is 69.0 Å². The predicted octanol–water partition coefficient (Wildman–Crippen LogP) is 4.04. The van der Waals surface area contributed by atoms with Gasteiger partial charge in [0.25, 0.3) is 0 Å². The molecule has 1 aliphatic rings. The van der Waals surface area contributed by atoms with Crippen LogP contribution < -0.4 is 5.32 Å². The van der Waals surface area contributed by atoms with E-state index in [-0.39, 0.29) is 5.54 Å². The molecule has 96 valence electrons. The molecule has 1 fully saturated rings. The van der Waals surface area contributed by atoms with Gasteiger partial charge in [-0.15, -0.1) is 11.3 Å². The molecule has 0 amide bonds. The molecule has 1 N–H and O–H groups in total. The standard InChI is InChI=1S/C14H24N2S/c1-11(2)12-10-17-13(16-12)14(15-3)8-6-4-5-7-9-14/h10-11,15H,4-9H2,1-3H3. The first-order chi connectivity index (χ1) is 8.18. The van der Waals surface area contributed by atoms with Gasteiger partial charge in [-0.25, -0.2) is 4.98 Å². The molecule has 1 saturated carbocycles. The Morgan fingerprint density at radius 3 is 2.35 bits per heavy atom. The second kappa shape index (κ2) is 5.49. The quantitative estimate of drug-likeness (QED) is 0.821. The van der Waals surface area contributed by atoms with E-state index in [9.17, 15) is 0 Å². The number of aromatic nitrogens is 1. The van der Waals surface area contributed by atoms with Crippen LogP contribution in [0.4, 0.5) is 0 Å². The highest BCUT2D eigenvalue weighted by Crippen LogP contribution is 2.37. The van der Waals surface area contributed by atoms with Crippen LogP contribution in [0.2, 0.25) is 0 Å². The number of hydrogen-bond donors (Lipinski definition) is 1. The zero-order valence-corrected chi connectivity index (χ0v) is 12.1. The van der Waals surface area contributed by atoms with Crippen LogP contribution in [-0.4, -0.2) is 12.0 Å². The maximum atomic E-state index is 4.87. The molecule has 3 heteroatoms. The SMILES string of the molecule is CNC1(c2nc(C(C)C)cs2)CCCCCC1. The molecule has 0 aromatic carbocycles. The van der Waals surface area contributed by atoms with Crippen molar-refractivity contribution in [1.82, 2.24) is 10.3 Å². The average molecular weight is 252 g/mol. The van der Waals surface area contributed by atoms with Crippen LogP contribution in [0.5, 0.6) is 0 Å². The maximum Gasteiger partial charge on any atom is 0.113 e. The fourth-order valence-corrected chi connectivity index (χ4v) is 3.92. The Labute approximate surface area is 109 Å². The number of rotatable bonds is 3. The monoisotopic (exact) mass is 252 g/mol. The molecule has 17 heavy (non-hydrogen) atoms. The molecule has 0 spiro atoms. The third-order valence-electron chi connectivity index (χ3n) is 3.96. The first kappa shape index (κ1) is 13.0. The molecule has 0 bridgehead atoms. The molecule has 1 aromatic heterocycles. The van der Waals surface area contributed by atoms with Crippen LogP contribution in [0, 0.1) is 0 Å². The fraction of sp³-hybridized carbons (Fsp3) is 0.786. The van der Waals surface area contributed by atoms with Gasteiger partial charge < -0.3 is 5.32 Å². The predicted molar refractivity (Wildman–Crippen MR) is 74.6 cm³/mol. The summed E-state index contributed by atoms with van der Waals surface area (Å²) < 4.78 is 0. The first-order valence-corrected chi connectivity index (χ1v) is 7.71. The van der Waals surface area contributed by atoms with Crippen LogP contribution in [0.15, 0.2) is 5.38 Å². The summed E-state index contributed by atoms with van der Waals surface area (Å²) in [5, 5.41) is 7.12. The molecule has 2 nitrogen and oxygen atoms in total. The molecule has 0 saturated heterocycles. The van der Waals surface area contributed by atoms with Crippen molar-refractivity contribution in [1.29, 1.82) is 0 Å². The van der Waals surface area contributed by atoms with Crippen molar-refractivity contribution in [2.45, 2.75) is 63.8 Å². The van der Waals surface area contributed by atoms with E-state index in [2.05, 4.69) is 31.6 Å². The third-order valence-corrected chi connectivity index (χ3v) is 5.02. The van der Waals surface area contributed by atoms with E-state index < -0.39 is 0 Å². The number of nitrogens with one attached hydrogen (secondary N) is 1. The van der Waals surface area contributed by atoms with Gasteiger partial charge in [0.05, 0.1) is 11.2 Å². The summed E-state index contributed by atoms with van der Waals surface area (Å²) in [6.07, 6.45) is 7.91. The summed E-state index contributed by atoms with van der Waals surface area (Å²) in [4.78, 5) is 4.87. The Morgan fingerprint density at radius 1 is 1.24 bits per heavy atom. The third kappa shape index (κ3) is 2.71. The van der Waals surface area contributed by atoms with Gasteiger partial charge in [-0.05, 0) is 25.8 Å². The summed E-state index contributed by atoms with van der Waals surface area (Å²) in [5.74, 6) is 0.541. The Morgan fingerprint density at radius 2 is 1.88 bits per heavy atom.